The van der Waals surface area contributed by atoms with Crippen LogP contribution in [0.5, 0.6) is 0 Å². The lowest BCUT2D eigenvalue weighted by atomic mass is 10.1. The molecule has 2 heteroatoms. The van der Waals surface area contributed by atoms with Gasteiger partial charge in [0.2, 0.25) is 0 Å². The zero-order chi connectivity index (χ0) is 6.78. The third-order valence-corrected chi connectivity index (χ3v) is 1.08. The van der Waals surface area contributed by atoms with Crippen LogP contribution in [0, 0.1) is 5.92 Å². The first-order valence-corrected chi connectivity index (χ1v) is 3.55. The average Bonchev–Trinajstić information content (AvgIpc) is 1.21. The van der Waals surface area contributed by atoms with Gasteiger partial charge in [-0.3, -0.25) is 0 Å². The Labute approximate surface area is 61.2 Å². The molecular weight excluding hydrogens is 143 g/mol. The van der Waals surface area contributed by atoms with E-state index in [2.05, 4.69) is 13.8 Å². The van der Waals surface area contributed by atoms with Gasteiger partial charge in [0, 0.05) is 0 Å². The first kappa shape index (κ1) is 8.58. The van der Waals surface area contributed by atoms with Crippen molar-refractivity contribution in [3.05, 3.63) is 0 Å². The fourth-order valence-electron chi connectivity index (χ4n) is 0.717. The van der Waals surface area contributed by atoms with E-state index in [0.29, 0.717) is 5.92 Å². The molecule has 0 aliphatic heterocycles. The summed E-state index contributed by atoms with van der Waals surface area (Å²) in [6.07, 6.45) is 0.857. The molecule has 0 aliphatic carbocycles. The standard InChI is InChI=1S/C6H12Cl2/c1-5(2)4-6(3,7)8/h5H,4H2,1-3H3. The molecule has 0 aromatic rings. The fraction of sp³-hybridized carbons (Fsp3) is 1.00. The molecule has 0 N–H and O–H groups in total. The number of hydrogen-bond donors (Lipinski definition) is 0. The number of alkyl halides is 2. The van der Waals surface area contributed by atoms with Crippen LogP contribution in [0.15, 0.2) is 0 Å². The number of rotatable bonds is 2. The van der Waals surface area contributed by atoms with Gasteiger partial charge in [-0.25, -0.2) is 0 Å². The van der Waals surface area contributed by atoms with Crippen LogP contribution in [0.25, 0.3) is 0 Å². The predicted octanol–water partition coefficient (Wildman–Crippen LogP) is 3.23. The lowest BCUT2D eigenvalue weighted by Crippen LogP contribution is -2.09. The zero-order valence-electron chi connectivity index (χ0n) is 5.54. The van der Waals surface area contributed by atoms with E-state index >= 15 is 0 Å². The molecule has 0 heterocycles. The van der Waals surface area contributed by atoms with Crippen molar-refractivity contribution >= 4 is 23.2 Å². The Morgan fingerprint density at radius 3 is 1.75 bits per heavy atom. The molecule has 0 bridgehead atoms. The van der Waals surface area contributed by atoms with Crippen molar-refractivity contribution in [2.45, 2.75) is 31.5 Å². The van der Waals surface area contributed by atoms with Crippen LogP contribution in [0.2, 0.25) is 0 Å². The summed E-state index contributed by atoms with van der Waals surface area (Å²) in [5.41, 5.74) is 0. The maximum atomic E-state index is 5.69. The van der Waals surface area contributed by atoms with Crippen molar-refractivity contribution in [1.82, 2.24) is 0 Å². The minimum Gasteiger partial charge on any atom is -0.102 e. The summed E-state index contributed by atoms with van der Waals surface area (Å²) in [4.78, 5) is 0. The van der Waals surface area contributed by atoms with Crippen LogP contribution in [-0.4, -0.2) is 4.33 Å². The molecule has 0 rings (SSSR count). The van der Waals surface area contributed by atoms with Gasteiger partial charge in [-0.15, -0.1) is 23.2 Å². The summed E-state index contributed by atoms with van der Waals surface area (Å²) >= 11 is 11.4. The fourth-order valence-corrected chi connectivity index (χ4v) is 1.33. The van der Waals surface area contributed by atoms with Crippen molar-refractivity contribution in [2.75, 3.05) is 0 Å². The normalized spacial score (nSPS) is 12.8. The highest BCUT2D eigenvalue weighted by atomic mass is 35.5. The molecule has 0 aromatic heterocycles. The average molecular weight is 155 g/mol. The monoisotopic (exact) mass is 154 g/mol. The van der Waals surface area contributed by atoms with Crippen molar-refractivity contribution in [1.29, 1.82) is 0 Å². The quantitative estimate of drug-likeness (QED) is 0.537. The molecule has 0 saturated heterocycles. The molecular formula is C6H12Cl2. The van der Waals surface area contributed by atoms with Crippen molar-refractivity contribution in [3.8, 4) is 0 Å². The molecule has 0 saturated carbocycles. The van der Waals surface area contributed by atoms with Crippen LogP contribution in [0.1, 0.15) is 27.2 Å². The summed E-state index contributed by atoms with van der Waals surface area (Å²) in [5.74, 6) is 0.579. The van der Waals surface area contributed by atoms with Crippen LogP contribution >= 0.6 is 23.2 Å². The Morgan fingerprint density at radius 2 is 1.75 bits per heavy atom. The van der Waals surface area contributed by atoms with Gasteiger partial charge in [-0.2, -0.15) is 0 Å². The second-order valence-electron chi connectivity index (χ2n) is 2.67. The third-order valence-electron chi connectivity index (χ3n) is 0.767. The van der Waals surface area contributed by atoms with E-state index in [1.54, 1.807) is 0 Å². The summed E-state index contributed by atoms with van der Waals surface area (Å²) in [6.45, 7) is 6.02. The van der Waals surface area contributed by atoms with Gasteiger partial charge >= 0.3 is 0 Å². The van der Waals surface area contributed by atoms with Crippen molar-refractivity contribution < 1.29 is 0 Å². The van der Waals surface area contributed by atoms with Gasteiger partial charge in [0.05, 0.1) is 0 Å². The molecule has 0 aromatic carbocycles. The van der Waals surface area contributed by atoms with E-state index in [9.17, 15) is 0 Å². The van der Waals surface area contributed by atoms with E-state index in [1.807, 2.05) is 6.92 Å². The van der Waals surface area contributed by atoms with Crippen LogP contribution in [0.3, 0.4) is 0 Å². The highest BCUT2D eigenvalue weighted by Gasteiger charge is 2.17. The topological polar surface area (TPSA) is 0 Å². The first-order valence-electron chi connectivity index (χ1n) is 2.79. The van der Waals surface area contributed by atoms with E-state index in [1.165, 1.54) is 0 Å². The largest absolute Gasteiger partial charge is 0.115 e. The second-order valence-corrected chi connectivity index (χ2v) is 4.53. The highest BCUT2D eigenvalue weighted by Crippen LogP contribution is 2.27. The van der Waals surface area contributed by atoms with Gasteiger partial charge < -0.3 is 0 Å². The Kier molecular flexibility index (Phi) is 3.14. The molecule has 0 radical (unpaired) electrons. The van der Waals surface area contributed by atoms with Gasteiger partial charge in [0.15, 0.2) is 0 Å². The van der Waals surface area contributed by atoms with Crippen LogP contribution in [0.4, 0.5) is 0 Å². The molecule has 0 nitrogen and oxygen atoms in total. The summed E-state index contributed by atoms with van der Waals surface area (Å²) in [7, 11) is 0. The maximum Gasteiger partial charge on any atom is 0.115 e. The van der Waals surface area contributed by atoms with Gasteiger partial charge in [-0.1, -0.05) is 13.8 Å². The first-order chi connectivity index (χ1) is 3.42. The molecule has 0 spiro atoms. The Bertz CT molecular complexity index is 61.4. The van der Waals surface area contributed by atoms with E-state index in [4.69, 9.17) is 23.2 Å². The number of hydrogen-bond acceptors (Lipinski definition) is 0. The van der Waals surface area contributed by atoms with E-state index < -0.39 is 4.33 Å². The van der Waals surface area contributed by atoms with E-state index in [0.717, 1.165) is 6.42 Å². The predicted molar refractivity (Wildman–Crippen MR) is 39.6 cm³/mol. The second kappa shape index (κ2) is 2.93. The summed E-state index contributed by atoms with van der Waals surface area (Å²) in [6, 6.07) is 0. The molecule has 0 amide bonds. The molecule has 50 valence electrons. The molecule has 0 atom stereocenters. The van der Waals surface area contributed by atoms with Gasteiger partial charge in [0.1, 0.15) is 4.33 Å². The summed E-state index contributed by atoms with van der Waals surface area (Å²) < 4.78 is -0.534. The smallest absolute Gasteiger partial charge is 0.102 e. The molecule has 8 heavy (non-hydrogen) atoms. The Morgan fingerprint density at radius 1 is 1.38 bits per heavy atom. The lowest BCUT2D eigenvalue weighted by molar-refractivity contribution is 0.555. The van der Waals surface area contributed by atoms with Crippen molar-refractivity contribution in [3.63, 3.8) is 0 Å². The zero-order valence-corrected chi connectivity index (χ0v) is 7.05. The minimum atomic E-state index is -0.534. The van der Waals surface area contributed by atoms with Gasteiger partial charge in [-0.05, 0) is 19.3 Å². The SMILES string of the molecule is CC(C)CC(C)(Cl)Cl. The molecule has 0 unspecified atom stereocenters. The van der Waals surface area contributed by atoms with Crippen LogP contribution in [-0.2, 0) is 0 Å². The van der Waals surface area contributed by atoms with E-state index in [-0.39, 0.29) is 0 Å². The summed E-state index contributed by atoms with van der Waals surface area (Å²) in [5, 5.41) is 0. The highest BCUT2D eigenvalue weighted by molar-refractivity contribution is 6.48. The Hall–Kier alpha value is 0.580. The van der Waals surface area contributed by atoms with Gasteiger partial charge in [0.25, 0.3) is 0 Å². The maximum absolute atomic E-state index is 5.69. The number of halogens is 2. The Balaban J connectivity index is 3.39. The third kappa shape index (κ3) is 6.58. The molecule has 0 aliphatic rings. The minimum absolute atomic E-state index is 0.534. The lowest BCUT2D eigenvalue weighted by Gasteiger charge is -2.14. The molecule has 0 fully saturated rings. The van der Waals surface area contributed by atoms with Crippen molar-refractivity contribution in [2.24, 2.45) is 5.92 Å². The van der Waals surface area contributed by atoms with Crippen LogP contribution < -0.4 is 0 Å².